The largest absolute Gasteiger partial charge is 0.307 e. The highest BCUT2D eigenvalue weighted by Crippen LogP contribution is 2.23. The van der Waals surface area contributed by atoms with Gasteiger partial charge in [0, 0.05) is 22.1 Å². The quantitative estimate of drug-likeness (QED) is 0.828. The molecule has 0 amide bonds. The lowest BCUT2D eigenvalue weighted by Crippen LogP contribution is -2.29. The standard InChI is InChI=1S/C13H15BrFN/c1-9(16-11-4-2-3-5-11)12-8-10(14)6-7-13(12)15/h2-3,6-9,11,16H,4-5H2,1H3. The summed E-state index contributed by atoms with van der Waals surface area (Å²) in [6.45, 7) is 2.00. The Morgan fingerprint density at radius 2 is 2.06 bits per heavy atom. The van der Waals surface area contributed by atoms with E-state index in [0.717, 1.165) is 22.9 Å². The molecule has 1 nitrogen and oxygen atoms in total. The summed E-state index contributed by atoms with van der Waals surface area (Å²) in [5.74, 6) is -0.144. The van der Waals surface area contributed by atoms with Crippen molar-refractivity contribution in [3.63, 3.8) is 0 Å². The van der Waals surface area contributed by atoms with Crippen molar-refractivity contribution in [2.45, 2.75) is 31.8 Å². The van der Waals surface area contributed by atoms with Crippen molar-refractivity contribution in [1.29, 1.82) is 0 Å². The minimum absolute atomic E-state index is 0.0439. The van der Waals surface area contributed by atoms with Crippen LogP contribution in [-0.4, -0.2) is 6.04 Å². The summed E-state index contributed by atoms with van der Waals surface area (Å²) in [6, 6.07) is 5.57. The van der Waals surface area contributed by atoms with Gasteiger partial charge >= 0.3 is 0 Å². The van der Waals surface area contributed by atoms with Gasteiger partial charge in [0.15, 0.2) is 0 Å². The molecule has 0 aromatic heterocycles. The molecule has 0 bridgehead atoms. The van der Waals surface area contributed by atoms with Crippen LogP contribution in [-0.2, 0) is 0 Å². The van der Waals surface area contributed by atoms with Gasteiger partial charge in [0.25, 0.3) is 0 Å². The summed E-state index contributed by atoms with van der Waals surface area (Å²) in [5.41, 5.74) is 0.723. The van der Waals surface area contributed by atoms with Gasteiger partial charge in [-0.3, -0.25) is 0 Å². The second-order valence-electron chi connectivity index (χ2n) is 4.19. The van der Waals surface area contributed by atoms with Gasteiger partial charge in [0.05, 0.1) is 0 Å². The number of benzene rings is 1. The molecule has 0 spiro atoms. The SMILES string of the molecule is CC(NC1CC=CC1)c1cc(Br)ccc1F. The highest BCUT2D eigenvalue weighted by atomic mass is 79.9. The van der Waals surface area contributed by atoms with E-state index in [2.05, 4.69) is 33.4 Å². The summed E-state index contributed by atoms with van der Waals surface area (Å²) < 4.78 is 14.5. The molecule has 1 aromatic carbocycles. The van der Waals surface area contributed by atoms with Gasteiger partial charge in [0.1, 0.15) is 5.82 Å². The molecular formula is C13H15BrFN. The average Bonchev–Trinajstić information content (AvgIpc) is 2.74. The first-order chi connectivity index (χ1) is 7.66. The van der Waals surface area contributed by atoms with Crippen LogP contribution in [0.5, 0.6) is 0 Å². The van der Waals surface area contributed by atoms with Gasteiger partial charge in [-0.05, 0) is 38.0 Å². The minimum atomic E-state index is -0.144. The zero-order valence-electron chi connectivity index (χ0n) is 9.21. The van der Waals surface area contributed by atoms with Crippen LogP contribution in [0.2, 0.25) is 0 Å². The first kappa shape index (κ1) is 11.8. The van der Waals surface area contributed by atoms with Gasteiger partial charge < -0.3 is 5.32 Å². The zero-order chi connectivity index (χ0) is 11.5. The van der Waals surface area contributed by atoms with E-state index in [1.807, 2.05) is 13.0 Å². The molecule has 1 unspecified atom stereocenters. The normalized spacial score (nSPS) is 17.9. The molecule has 86 valence electrons. The van der Waals surface area contributed by atoms with Gasteiger partial charge in [0.2, 0.25) is 0 Å². The second kappa shape index (κ2) is 5.11. The first-order valence-corrected chi connectivity index (χ1v) is 6.32. The lowest BCUT2D eigenvalue weighted by Gasteiger charge is -2.20. The maximum atomic E-state index is 13.6. The molecule has 0 fully saturated rings. The van der Waals surface area contributed by atoms with E-state index in [1.54, 1.807) is 6.07 Å². The Balaban J connectivity index is 2.07. The van der Waals surface area contributed by atoms with Gasteiger partial charge in [-0.1, -0.05) is 28.1 Å². The van der Waals surface area contributed by atoms with Crippen LogP contribution in [0, 0.1) is 5.82 Å². The molecule has 0 saturated carbocycles. The van der Waals surface area contributed by atoms with E-state index >= 15 is 0 Å². The van der Waals surface area contributed by atoms with Gasteiger partial charge in [-0.25, -0.2) is 4.39 Å². The van der Waals surface area contributed by atoms with E-state index in [4.69, 9.17) is 0 Å². The van der Waals surface area contributed by atoms with E-state index in [-0.39, 0.29) is 11.9 Å². The van der Waals surface area contributed by atoms with Crippen LogP contribution >= 0.6 is 15.9 Å². The van der Waals surface area contributed by atoms with Crippen LogP contribution in [0.3, 0.4) is 0 Å². The number of hydrogen-bond donors (Lipinski definition) is 1. The molecule has 1 atom stereocenters. The molecule has 1 aliphatic rings. The van der Waals surface area contributed by atoms with Crippen molar-refractivity contribution in [2.75, 3.05) is 0 Å². The lowest BCUT2D eigenvalue weighted by atomic mass is 10.1. The average molecular weight is 284 g/mol. The minimum Gasteiger partial charge on any atom is -0.307 e. The monoisotopic (exact) mass is 283 g/mol. The Hall–Kier alpha value is -0.670. The van der Waals surface area contributed by atoms with Crippen molar-refractivity contribution in [1.82, 2.24) is 5.32 Å². The fraction of sp³-hybridized carbons (Fsp3) is 0.385. The first-order valence-electron chi connectivity index (χ1n) is 5.53. The molecule has 1 aliphatic carbocycles. The van der Waals surface area contributed by atoms with Crippen molar-refractivity contribution in [3.8, 4) is 0 Å². The van der Waals surface area contributed by atoms with Crippen molar-refractivity contribution >= 4 is 15.9 Å². The Labute approximate surface area is 104 Å². The third-order valence-electron chi connectivity index (χ3n) is 2.92. The fourth-order valence-electron chi connectivity index (χ4n) is 2.04. The Morgan fingerprint density at radius 1 is 1.38 bits per heavy atom. The lowest BCUT2D eigenvalue weighted by molar-refractivity contribution is 0.455. The molecule has 1 N–H and O–H groups in total. The van der Waals surface area contributed by atoms with Crippen LogP contribution in [0.4, 0.5) is 4.39 Å². The van der Waals surface area contributed by atoms with Gasteiger partial charge in [-0.2, -0.15) is 0 Å². The van der Waals surface area contributed by atoms with E-state index in [0.29, 0.717) is 6.04 Å². The molecule has 0 heterocycles. The molecule has 16 heavy (non-hydrogen) atoms. The third kappa shape index (κ3) is 2.71. The number of rotatable bonds is 3. The summed E-state index contributed by atoms with van der Waals surface area (Å²) in [5, 5.41) is 3.44. The third-order valence-corrected chi connectivity index (χ3v) is 3.41. The van der Waals surface area contributed by atoms with Crippen LogP contribution in [0.1, 0.15) is 31.4 Å². The van der Waals surface area contributed by atoms with Crippen molar-refractivity contribution < 1.29 is 4.39 Å². The summed E-state index contributed by atoms with van der Waals surface area (Å²) in [7, 11) is 0. The Morgan fingerprint density at radius 3 is 2.75 bits per heavy atom. The molecule has 0 aliphatic heterocycles. The summed E-state index contributed by atoms with van der Waals surface area (Å²) >= 11 is 3.37. The van der Waals surface area contributed by atoms with E-state index in [1.165, 1.54) is 6.07 Å². The fourth-order valence-corrected chi connectivity index (χ4v) is 2.42. The van der Waals surface area contributed by atoms with E-state index in [9.17, 15) is 4.39 Å². The predicted octanol–water partition coefficient (Wildman–Crippen LogP) is 3.96. The summed E-state index contributed by atoms with van der Waals surface area (Å²) in [4.78, 5) is 0. The highest BCUT2D eigenvalue weighted by Gasteiger charge is 2.16. The molecule has 0 saturated heterocycles. The van der Waals surface area contributed by atoms with Gasteiger partial charge in [-0.15, -0.1) is 0 Å². The maximum absolute atomic E-state index is 13.6. The van der Waals surface area contributed by atoms with Crippen LogP contribution < -0.4 is 5.32 Å². The predicted molar refractivity (Wildman–Crippen MR) is 67.8 cm³/mol. The highest BCUT2D eigenvalue weighted by molar-refractivity contribution is 9.10. The van der Waals surface area contributed by atoms with Crippen LogP contribution in [0.25, 0.3) is 0 Å². The zero-order valence-corrected chi connectivity index (χ0v) is 10.8. The number of halogens is 2. The topological polar surface area (TPSA) is 12.0 Å². The van der Waals surface area contributed by atoms with Crippen LogP contribution in [0.15, 0.2) is 34.8 Å². The molecule has 0 radical (unpaired) electrons. The number of nitrogens with one attached hydrogen (secondary N) is 1. The Bertz CT molecular complexity index is 395. The van der Waals surface area contributed by atoms with Crippen molar-refractivity contribution in [3.05, 3.63) is 46.2 Å². The molecule has 2 rings (SSSR count). The smallest absolute Gasteiger partial charge is 0.128 e. The van der Waals surface area contributed by atoms with Crippen molar-refractivity contribution in [2.24, 2.45) is 0 Å². The second-order valence-corrected chi connectivity index (χ2v) is 5.11. The molecular weight excluding hydrogens is 269 g/mol. The Kier molecular flexibility index (Phi) is 3.77. The molecule has 3 heteroatoms. The number of hydrogen-bond acceptors (Lipinski definition) is 1. The maximum Gasteiger partial charge on any atom is 0.128 e. The summed E-state index contributed by atoms with van der Waals surface area (Å²) in [6.07, 6.45) is 6.42. The molecule has 1 aromatic rings. The van der Waals surface area contributed by atoms with E-state index < -0.39 is 0 Å².